The van der Waals surface area contributed by atoms with E-state index in [1.165, 1.54) is 7.11 Å². The van der Waals surface area contributed by atoms with Gasteiger partial charge in [0.05, 0.1) is 19.3 Å². The van der Waals surface area contributed by atoms with E-state index in [1.54, 1.807) is 27.9 Å². The van der Waals surface area contributed by atoms with Gasteiger partial charge < -0.3 is 15.0 Å². The lowest BCUT2D eigenvalue weighted by Crippen LogP contribution is -2.25. The number of ether oxygens (including phenoxy) is 1. The maximum absolute atomic E-state index is 12.5. The van der Waals surface area contributed by atoms with Crippen molar-refractivity contribution in [2.24, 2.45) is 0 Å². The van der Waals surface area contributed by atoms with Crippen LogP contribution in [0.4, 0.5) is 5.95 Å². The molecule has 0 unspecified atom stereocenters. The predicted molar refractivity (Wildman–Crippen MR) is 95.4 cm³/mol. The SMILES string of the molecule is COc1nc(CNC(=O)c2cccc(-n3cccn3)c2)nc(N(C)C)n1. The van der Waals surface area contributed by atoms with Crippen molar-refractivity contribution in [2.45, 2.75) is 6.54 Å². The normalized spacial score (nSPS) is 10.4. The van der Waals surface area contributed by atoms with E-state index >= 15 is 0 Å². The second-order valence-corrected chi connectivity index (χ2v) is 5.62. The molecule has 0 spiro atoms. The maximum atomic E-state index is 12.5. The van der Waals surface area contributed by atoms with Crippen molar-refractivity contribution in [3.05, 3.63) is 54.1 Å². The molecule has 2 heterocycles. The maximum Gasteiger partial charge on any atom is 0.321 e. The Balaban J connectivity index is 1.73. The van der Waals surface area contributed by atoms with Gasteiger partial charge in [0.2, 0.25) is 5.95 Å². The highest BCUT2D eigenvalue weighted by Crippen LogP contribution is 2.11. The minimum Gasteiger partial charge on any atom is -0.467 e. The molecule has 0 fully saturated rings. The molecule has 0 aliphatic heterocycles. The Hall–Kier alpha value is -3.49. The topological polar surface area (TPSA) is 98.1 Å². The first kappa shape index (κ1) is 17.3. The molecule has 1 amide bonds. The van der Waals surface area contributed by atoms with E-state index in [4.69, 9.17) is 4.74 Å². The molecule has 0 aliphatic rings. The van der Waals surface area contributed by atoms with Crippen LogP contribution in [0.5, 0.6) is 6.01 Å². The quantitative estimate of drug-likeness (QED) is 0.707. The van der Waals surface area contributed by atoms with Gasteiger partial charge in [-0.1, -0.05) is 6.07 Å². The third kappa shape index (κ3) is 3.94. The molecule has 26 heavy (non-hydrogen) atoms. The molecule has 0 saturated heterocycles. The van der Waals surface area contributed by atoms with Crippen molar-refractivity contribution in [1.82, 2.24) is 30.0 Å². The smallest absolute Gasteiger partial charge is 0.321 e. The number of anilines is 1. The summed E-state index contributed by atoms with van der Waals surface area (Å²) in [5, 5.41) is 6.98. The van der Waals surface area contributed by atoms with Gasteiger partial charge in [-0.05, 0) is 24.3 Å². The lowest BCUT2D eigenvalue weighted by molar-refractivity contribution is 0.0949. The zero-order valence-electron chi connectivity index (χ0n) is 14.7. The highest BCUT2D eigenvalue weighted by Gasteiger charge is 2.11. The van der Waals surface area contributed by atoms with Gasteiger partial charge in [0.25, 0.3) is 5.91 Å². The van der Waals surface area contributed by atoms with Crippen LogP contribution in [0.2, 0.25) is 0 Å². The Labute approximate surface area is 150 Å². The summed E-state index contributed by atoms with van der Waals surface area (Å²) in [7, 11) is 5.12. The van der Waals surface area contributed by atoms with Crippen LogP contribution in [0.15, 0.2) is 42.7 Å². The molecule has 9 heteroatoms. The van der Waals surface area contributed by atoms with Gasteiger partial charge in [-0.15, -0.1) is 0 Å². The van der Waals surface area contributed by atoms with Gasteiger partial charge in [0.15, 0.2) is 5.82 Å². The lowest BCUT2D eigenvalue weighted by Gasteiger charge is -2.12. The third-order valence-electron chi connectivity index (χ3n) is 3.52. The summed E-state index contributed by atoms with van der Waals surface area (Å²) >= 11 is 0. The molecule has 1 N–H and O–H groups in total. The van der Waals surface area contributed by atoms with Gasteiger partial charge in [0, 0.05) is 32.1 Å². The number of hydrogen-bond acceptors (Lipinski definition) is 7. The van der Waals surface area contributed by atoms with E-state index in [0.29, 0.717) is 17.3 Å². The number of methoxy groups -OCH3 is 1. The first-order valence-corrected chi connectivity index (χ1v) is 7.91. The molecule has 0 saturated carbocycles. The Morgan fingerprint density at radius 2 is 2.08 bits per heavy atom. The lowest BCUT2D eigenvalue weighted by atomic mass is 10.2. The number of benzene rings is 1. The molecule has 0 bridgehead atoms. The third-order valence-corrected chi connectivity index (χ3v) is 3.52. The Kier molecular flexibility index (Phi) is 5.07. The molecule has 9 nitrogen and oxygen atoms in total. The number of rotatable bonds is 6. The zero-order chi connectivity index (χ0) is 18.5. The van der Waals surface area contributed by atoms with E-state index in [0.717, 1.165) is 5.69 Å². The molecule has 0 aliphatic carbocycles. The fraction of sp³-hybridized carbons (Fsp3) is 0.235. The van der Waals surface area contributed by atoms with Gasteiger partial charge >= 0.3 is 6.01 Å². The zero-order valence-corrected chi connectivity index (χ0v) is 14.7. The minimum atomic E-state index is -0.232. The molecule has 0 atom stereocenters. The molecule has 134 valence electrons. The van der Waals surface area contributed by atoms with E-state index in [1.807, 2.05) is 38.5 Å². The number of hydrogen-bond donors (Lipinski definition) is 1. The first-order valence-electron chi connectivity index (χ1n) is 7.91. The van der Waals surface area contributed by atoms with Crippen LogP contribution >= 0.6 is 0 Å². The van der Waals surface area contributed by atoms with Crippen molar-refractivity contribution >= 4 is 11.9 Å². The minimum absolute atomic E-state index is 0.157. The number of carbonyl (C=O) groups is 1. The molecule has 0 radical (unpaired) electrons. The van der Waals surface area contributed by atoms with Crippen LogP contribution in [0.3, 0.4) is 0 Å². The molecule has 3 rings (SSSR count). The summed E-state index contributed by atoms with van der Waals surface area (Å²) in [4.78, 5) is 26.8. The number of nitrogens with one attached hydrogen (secondary N) is 1. The van der Waals surface area contributed by atoms with Gasteiger partial charge in [0.1, 0.15) is 0 Å². The summed E-state index contributed by atoms with van der Waals surface area (Å²) in [5.74, 6) is 0.642. The predicted octanol–water partition coefficient (Wildman–Crippen LogP) is 1.06. The second kappa shape index (κ2) is 7.60. The standard InChI is InChI=1S/C17H19N7O2/c1-23(2)16-20-14(21-17(22-16)26-3)11-18-15(25)12-6-4-7-13(10-12)24-9-5-8-19-24/h4-10H,11H2,1-3H3,(H,18,25). The van der Waals surface area contributed by atoms with Crippen molar-refractivity contribution in [2.75, 3.05) is 26.1 Å². The van der Waals surface area contributed by atoms with Crippen molar-refractivity contribution in [3.63, 3.8) is 0 Å². The van der Waals surface area contributed by atoms with E-state index in [2.05, 4.69) is 25.4 Å². The monoisotopic (exact) mass is 353 g/mol. The fourth-order valence-electron chi connectivity index (χ4n) is 2.23. The molecule has 1 aromatic carbocycles. The van der Waals surface area contributed by atoms with Gasteiger partial charge in [-0.3, -0.25) is 4.79 Å². The highest BCUT2D eigenvalue weighted by atomic mass is 16.5. The van der Waals surface area contributed by atoms with Crippen LogP contribution < -0.4 is 15.0 Å². The van der Waals surface area contributed by atoms with Crippen molar-refractivity contribution in [3.8, 4) is 11.7 Å². The fourth-order valence-corrected chi connectivity index (χ4v) is 2.23. The average Bonchev–Trinajstić information content (AvgIpc) is 3.20. The van der Waals surface area contributed by atoms with Crippen molar-refractivity contribution in [1.29, 1.82) is 0 Å². The van der Waals surface area contributed by atoms with E-state index in [-0.39, 0.29) is 18.5 Å². The number of aromatic nitrogens is 5. The van der Waals surface area contributed by atoms with Crippen LogP contribution in [-0.2, 0) is 6.54 Å². The van der Waals surface area contributed by atoms with Crippen molar-refractivity contribution < 1.29 is 9.53 Å². The Bertz CT molecular complexity index is 894. The summed E-state index contributed by atoms with van der Waals surface area (Å²) in [6.07, 6.45) is 3.50. The van der Waals surface area contributed by atoms with Crippen LogP contribution in [0.1, 0.15) is 16.2 Å². The highest BCUT2D eigenvalue weighted by molar-refractivity contribution is 5.94. The van der Waals surface area contributed by atoms with Crippen LogP contribution in [0.25, 0.3) is 5.69 Å². The summed E-state index contributed by atoms with van der Waals surface area (Å²) in [6.45, 7) is 0.157. The number of carbonyl (C=O) groups excluding carboxylic acids is 1. The van der Waals surface area contributed by atoms with Gasteiger partial charge in [-0.25, -0.2) is 4.68 Å². The van der Waals surface area contributed by atoms with Crippen LogP contribution in [0, 0.1) is 0 Å². The Morgan fingerprint density at radius 3 is 2.77 bits per heavy atom. The second-order valence-electron chi connectivity index (χ2n) is 5.62. The first-order chi connectivity index (χ1) is 12.6. The van der Waals surface area contributed by atoms with Crippen LogP contribution in [-0.4, -0.2) is 51.8 Å². The van der Waals surface area contributed by atoms with Gasteiger partial charge in [-0.2, -0.15) is 20.1 Å². The average molecular weight is 353 g/mol. The Morgan fingerprint density at radius 1 is 1.23 bits per heavy atom. The molecular formula is C17H19N7O2. The summed E-state index contributed by atoms with van der Waals surface area (Å²) < 4.78 is 6.77. The molecule has 2 aromatic heterocycles. The largest absolute Gasteiger partial charge is 0.467 e. The number of amides is 1. The summed E-state index contributed by atoms with van der Waals surface area (Å²) in [5.41, 5.74) is 1.33. The van der Waals surface area contributed by atoms with E-state index in [9.17, 15) is 4.79 Å². The summed E-state index contributed by atoms with van der Waals surface area (Å²) in [6, 6.07) is 9.21. The molecular weight excluding hydrogens is 334 g/mol. The molecule has 3 aromatic rings. The van der Waals surface area contributed by atoms with E-state index < -0.39 is 0 Å². The number of nitrogens with zero attached hydrogens (tertiary/aromatic N) is 6.